The van der Waals surface area contributed by atoms with Gasteiger partial charge in [-0.05, 0) is 49.2 Å². The number of ether oxygens (including phenoxy) is 2. The van der Waals surface area contributed by atoms with Crippen molar-refractivity contribution in [2.75, 3.05) is 34.9 Å². The highest BCUT2D eigenvalue weighted by atomic mass is 32.1. The van der Waals surface area contributed by atoms with Gasteiger partial charge in [-0.1, -0.05) is 26.0 Å². The lowest BCUT2D eigenvalue weighted by Gasteiger charge is -2.26. The molecule has 6 heteroatoms. The fraction of sp³-hybridized carbons (Fsp3) is 0.476. The first-order valence-electron chi connectivity index (χ1n) is 9.08. The van der Waals surface area contributed by atoms with Crippen molar-refractivity contribution >= 4 is 17.2 Å². The van der Waals surface area contributed by atoms with E-state index in [1.54, 1.807) is 25.6 Å². The van der Waals surface area contributed by atoms with E-state index < -0.39 is 0 Å². The van der Waals surface area contributed by atoms with Crippen LogP contribution in [0.2, 0.25) is 0 Å². The number of thiophene rings is 1. The number of methoxy groups -OCH3 is 2. The van der Waals surface area contributed by atoms with Gasteiger partial charge in [0.1, 0.15) is 0 Å². The van der Waals surface area contributed by atoms with Crippen LogP contribution in [0.25, 0.3) is 0 Å². The summed E-state index contributed by atoms with van der Waals surface area (Å²) in [4.78, 5) is 16.4. The third-order valence-electron chi connectivity index (χ3n) is 4.68. The van der Waals surface area contributed by atoms with E-state index >= 15 is 0 Å². The van der Waals surface area contributed by atoms with Gasteiger partial charge in [0.15, 0.2) is 11.5 Å². The topological polar surface area (TPSA) is 50.8 Å². The van der Waals surface area contributed by atoms with E-state index in [1.165, 1.54) is 4.88 Å². The standard InChI is InChI=1S/C21H30N2O3S/c1-14(2)20(15-9-10-17(25-5)18(12-15)26-6)21(24)22-13-16(23(3)4)19-8-7-11-27-19/h7-12,14,16,20H,13H2,1-6H3,(H,22,24). The lowest BCUT2D eigenvalue weighted by atomic mass is 9.87. The Morgan fingerprint density at radius 2 is 1.85 bits per heavy atom. The molecule has 1 heterocycles. The molecule has 0 radical (unpaired) electrons. The Kier molecular flexibility index (Phi) is 7.68. The summed E-state index contributed by atoms with van der Waals surface area (Å²) in [5.74, 6) is 1.23. The van der Waals surface area contributed by atoms with Crippen molar-refractivity contribution < 1.29 is 14.3 Å². The Morgan fingerprint density at radius 3 is 2.37 bits per heavy atom. The summed E-state index contributed by atoms with van der Waals surface area (Å²) in [6.07, 6.45) is 0. The third kappa shape index (κ3) is 5.23. The van der Waals surface area contributed by atoms with Crippen molar-refractivity contribution in [3.63, 3.8) is 0 Å². The number of nitrogens with zero attached hydrogens (tertiary/aromatic N) is 1. The zero-order valence-corrected chi connectivity index (χ0v) is 17.8. The van der Waals surface area contributed by atoms with E-state index in [1.807, 2.05) is 38.4 Å². The first-order chi connectivity index (χ1) is 12.9. The van der Waals surface area contributed by atoms with Gasteiger partial charge in [-0.2, -0.15) is 0 Å². The van der Waals surface area contributed by atoms with Gasteiger partial charge in [-0.3, -0.25) is 4.79 Å². The first-order valence-corrected chi connectivity index (χ1v) is 9.96. The maximum absolute atomic E-state index is 13.0. The molecule has 1 amide bonds. The molecular weight excluding hydrogens is 360 g/mol. The molecule has 1 aromatic heterocycles. The molecule has 2 atom stereocenters. The third-order valence-corrected chi connectivity index (χ3v) is 5.65. The van der Waals surface area contributed by atoms with Crippen molar-refractivity contribution in [2.24, 2.45) is 5.92 Å². The Bertz CT molecular complexity index is 729. The van der Waals surface area contributed by atoms with E-state index in [0.717, 1.165) is 5.56 Å². The maximum atomic E-state index is 13.0. The second-order valence-electron chi connectivity index (χ2n) is 7.08. The predicted molar refractivity (Wildman–Crippen MR) is 111 cm³/mol. The molecule has 0 aliphatic rings. The summed E-state index contributed by atoms with van der Waals surface area (Å²) < 4.78 is 10.7. The average molecular weight is 391 g/mol. The first kappa shape index (κ1) is 21.3. The number of carbonyl (C=O) groups is 1. The monoisotopic (exact) mass is 390 g/mol. The molecule has 0 saturated carbocycles. The molecule has 148 valence electrons. The fourth-order valence-electron chi connectivity index (χ4n) is 3.21. The summed E-state index contributed by atoms with van der Waals surface area (Å²) in [6, 6.07) is 9.99. The molecule has 1 N–H and O–H groups in total. The molecule has 0 fully saturated rings. The molecule has 0 spiro atoms. The van der Waals surface area contributed by atoms with Gasteiger partial charge >= 0.3 is 0 Å². The highest BCUT2D eigenvalue weighted by molar-refractivity contribution is 7.10. The Morgan fingerprint density at radius 1 is 1.15 bits per heavy atom. The average Bonchev–Trinajstić information content (AvgIpc) is 3.15. The van der Waals surface area contributed by atoms with E-state index in [9.17, 15) is 4.79 Å². The molecule has 0 bridgehead atoms. The van der Waals surface area contributed by atoms with Crippen LogP contribution in [0.5, 0.6) is 11.5 Å². The molecule has 27 heavy (non-hydrogen) atoms. The molecular formula is C21H30N2O3S. The number of amides is 1. The van der Waals surface area contributed by atoms with E-state index in [2.05, 4.69) is 35.5 Å². The second kappa shape index (κ2) is 9.76. The van der Waals surface area contributed by atoms with Gasteiger partial charge in [-0.25, -0.2) is 0 Å². The highest BCUT2D eigenvalue weighted by Gasteiger charge is 2.26. The van der Waals surface area contributed by atoms with Crippen LogP contribution in [0.1, 0.15) is 36.2 Å². The number of nitrogens with one attached hydrogen (secondary N) is 1. The van der Waals surface area contributed by atoms with Crippen LogP contribution in [0.15, 0.2) is 35.7 Å². The molecule has 0 aliphatic carbocycles. The van der Waals surface area contributed by atoms with Gasteiger partial charge in [0.25, 0.3) is 0 Å². The van der Waals surface area contributed by atoms with E-state index in [4.69, 9.17) is 9.47 Å². The van der Waals surface area contributed by atoms with E-state index in [-0.39, 0.29) is 23.8 Å². The smallest absolute Gasteiger partial charge is 0.227 e. The summed E-state index contributed by atoms with van der Waals surface area (Å²) in [6.45, 7) is 4.69. The van der Waals surface area contributed by atoms with Crippen molar-refractivity contribution in [3.8, 4) is 11.5 Å². The summed E-state index contributed by atoms with van der Waals surface area (Å²) in [5, 5.41) is 5.22. The van der Waals surface area contributed by atoms with Crippen LogP contribution in [-0.2, 0) is 4.79 Å². The molecule has 0 aliphatic heterocycles. The zero-order chi connectivity index (χ0) is 20.0. The van der Waals surface area contributed by atoms with Crippen LogP contribution >= 0.6 is 11.3 Å². The summed E-state index contributed by atoms with van der Waals surface area (Å²) in [5.41, 5.74) is 0.928. The number of carbonyl (C=O) groups excluding carboxylic acids is 1. The van der Waals surface area contributed by atoms with Gasteiger partial charge in [0.05, 0.1) is 26.2 Å². The molecule has 2 unspecified atom stereocenters. The maximum Gasteiger partial charge on any atom is 0.227 e. The Labute approximate surface area is 166 Å². The lowest BCUT2D eigenvalue weighted by Crippen LogP contribution is -2.38. The normalized spacial score (nSPS) is 13.5. The number of hydrogen-bond donors (Lipinski definition) is 1. The minimum absolute atomic E-state index is 0.0284. The largest absolute Gasteiger partial charge is 0.493 e. The van der Waals surface area contributed by atoms with Crippen molar-refractivity contribution in [1.82, 2.24) is 10.2 Å². The minimum Gasteiger partial charge on any atom is -0.493 e. The van der Waals surface area contributed by atoms with Crippen molar-refractivity contribution in [3.05, 3.63) is 46.2 Å². The van der Waals surface area contributed by atoms with Crippen molar-refractivity contribution in [1.29, 1.82) is 0 Å². The number of rotatable bonds is 9. The lowest BCUT2D eigenvalue weighted by molar-refractivity contribution is -0.123. The predicted octanol–water partition coefficient (Wildman–Crippen LogP) is 3.92. The van der Waals surface area contributed by atoms with E-state index in [0.29, 0.717) is 18.0 Å². The zero-order valence-electron chi connectivity index (χ0n) is 17.0. The molecule has 0 saturated heterocycles. The minimum atomic E-state index is -0.254. The van der Waals surface area contributed by atoms with Crippen LogP contribution in [-0.4, -0.2) is 45.7 Å². The SMILES string of the molecule is COc1ccc(C(C(=O)NCC(c2cccs2)N(C)C)C(C)C)cc1OC. The van der Waals surface area contributed by atoms with Gasteiger partial charge in [0, 0.05) is 11.4 Å². The highest BCUT2D eigenvalue weighted by Crippen LogP contribution is 2.33. The van der Waals surface area contributed by atoms with Crippen LogP contribution in [0.4, 0.5) is 0 Å². The van der Waals surface area contributed by atoms with Gasteiger partial charge in [-0.15, -0.1) is 11.3 Å². The quantitative estimate of drug-likeness (QED) is 0.705. The Balaban J connectivity index is 2.18. The van der Waals surface area contributed by atoms with Gasteiger partial charge < -0.3 is 19.7 Å². The summed E-state index contributed by atoms with van der Waals surface area (Å²) in [7, 11) is 7.28. The van der Waals surface area contributed by atoms with Crippen LogP contribution < -0.4 is 14.8 Å². The molecule has 2 aromatic rings. The van der Waals surface area contributed by atoms with Crippen molar-refractivity contribution in [2.45, 2.75) is 25.8 Å². The Hall–Kier alpha value is -2.05. The molecule has 2 rings (SSSR count). The van der Waals surface area contributed by atoms with Crippen LogP contribution in [0, 0.1) is 5.92 Å². The van der Waals surface area contributed by atoms with Crippen LogP contribution in [0.3, 0.4) is 0 Å². The fourth-order valence-corrected chi connectivity index (χ4v) is 4.13. The van der Waals surface area contributed by atoms with Gasteiger partial charge in [0.2, 0.25) is 5.91 Å². The molecule has 1 aromatic carbocycles. The number of likely N-dealkylation sites (N-methyl/N-ethyl adjacent to an activating group) is 1. The second-order valence-corrected chi connectivity index (χ2v) is 8.06. The number of hydrogen-bond acceptors (Lipinski definition) is 5. The summed E-state index contributed by atoms with van der Waals surface area (Å²) >= 11 is 1.71. The molecule has 5 nitrogen and oxygen atoms in total. The number of benzene rings is 1.